The Morgan fingerprint density at radius 3 is 2.73 bits per heavy atom. The fourth-order valence-corrected chi connectivity index (χ4v) is 3.95. The van der Waals surface area contributed by atoms with Crippen LogP contribution in [0, 0.1) is 0 Å². The van der Waals surface area contributed by atoms with E-state index in [0.717, 1.165) is 47.2 Å². The van der Waals surface area contributed by atoms with Gasteiger partial charge in [-0.15, -0.1) is 0 Å². The third kappa shape index (κ3) is 2.75. The molecule has 0 saturated carbocycles. The maximum absolute atomic E-state index is 12.7. The van der Waals surface area contributed by atoms with Crippen LogP contribution < -0.4 is 14.9 Å². The van der Waals surface area contributed by atoms with Gasteiger partial charge in [0.15, 0.2) is 5.43 Å². The van der Waals surface area contributed by atoms with E-state index < -0.39 is 0 Å². The number of benzene rings is 2. The van der Waals surface area contributed by atoms with Crippen molar-refractivity contribution in [2.45, 2.75) is 32.1 Å². The molecule has 0 radical (unpaired) electrons. The first kappa shape index (κ1) is 16.7. The predicted molar refractivity (Wildman–Crippen MR) is 104 cm³/mol. The van der Waals surface area contributed by atoms with E-state index in [0.29, 0.717) is 6.61 Å². The molecule has 1 heterocycles. The highest BCUT2D eigenvalue weighted by atomic mass is 16.5. The molecule has 0 aliphatic heterocycles. The summed E-state index contributed by atoms with van der Waals surface area (Å²) in [6.45, 7) is 2.73. The lowest BCUT2D eigenvalue weighted by Gasteiger charge is -2.17. The van der Waals surface area contributed by atoms with Gasteiger partial charge < -0.3 is 14.5 Å². The van der Waals surface area contributed by atoms with Gasteiger partial charge in [-0.1, -0.05) is 19.1 Å². The van der Waals surface area contributed by atoms with E-state index in [1.807, 2.05) is 12.1 Å². The zero-order chi connectivity index (χ0) is 18.1. The van der Waals surface area contributed by atoms with Crippen LogP contribution in [0.2, 0.25) is 0 Å². The number of ether oxygens (including phenoxy) is 2. The standard InChI is InChI=1S/C22H23NO3/c1-3-12-26-19-13-15-6-9-17(14-4-7-16(25-2)8-5-14)20(15)21-18(24)10-11-23-22(19)21/h4-5,7-8,10-11,13,17H,3,6,9,12H2,1-2H3,(H,23,24). The zero-order valence-electron chi connectivity index (χ0n) is 15.2. The van der Waals surface area contributed by atoms with Crippen LogP contribution in [0.4, 0.5) is 0 Å². The number of hydrogen-bond acceptors (Lipinski definition) is 3. The van der Waals surface area contributed by atoms with Crippen LogP contribution in [0.1, 0.15) is 42.4 Å². The molecule has 134 valence electrons. The molecule has 3 aromatic rings. The number of rotatable bonds is 5. The molecular formula is C22H23NO3. The highest BCUT2D eigenvalue weighted by Gasteiger charge is 2.29. The number of aromatic nitrogens is 1. The normalized spacial score (nSPS) is 15.8. The molecule has 0 amide bonds. The Labute approximate surface area is 152 Å². The van der Waals surface area contributed by atoms with E-state index in [9.17, 15) is 4.79 Å². The summed E-state index contributed by atoms with van der Waals surface area (Å²) >= 11 is 0. The molecule has 1 unspecified atom stereocenters. The fraction of sp³-hybridized carbons (Fsp3) is 0.318. The number of pyridine rings is 1. The van der Waals surface area contributed by atoms with Crippen molar-refractivity contribution in [2.24, 2.45) is 0 Å². The first-order valence-corrected chi connectivity index (χ1v) is 9.16. The average Bonchev–Trinajstić information content (AvgIpc) is 3.10. The van der Waals surface area contributed by atoms with E-state index >= 15 is 0 Å². The summed E-state index contributed by atoms with van der Waals surface area (Å²) in [4.78, 5) is 16.0. The molecule has 1 N–H and O–H groups in total. The Hall–Kier alpha value is -2.75. The summed E-state index contributed by atoms with van der Waals surface area (Å²) in [7, 11) is 1.67. The van der Waals surface area contributed by atoms with Crippen molar-refractivity contribution in [3.05, 3.63) is 69.5 Å². The molecule has 4 rings (SSSR count). The second-order valence-electron chi connectivity index (χ2n) is 6.75. The van der Waals surface area contributed by atoms with Gasteiger partial charge in [-0.25, -0.2) is 0 Å². The van der Waals surface area contributed by atoms with Crippen molar-refractivity contribution >= 4 is 10.9 Å². The highest BCUT2D eigenvalue weighted by molar-refractivity contribution is 5.90. The van der Waals surface area contributed by atoms with Crippen molar-refractivity contribution in [2.75, 3.05) is 13.7 Å². The van der Waals surface area contributed by atoms with Gasteiger partial charge in [-0.05, 0) is 54.2 Å². The lowest BCUT2D eigenvalue weighted by Crippen LogP contribution is -2.09. The Balaban J connectivity index is 1.89. The molecule has 1 aromatic heterocycles. The smallest absolute Gasteiger partial charge is 0.189 e. The minimum Gasteiger partial charge on any atom is -0.497 e. The molecule has 1 aliphatic rings. The molecule has 1 aliphatic carbocycles. The Bertz CT molecular complexity index is 989. The summed E-state index contributed by atoms with van der Waals surface area (Å²) in [5.41, 5.74) is 4.45. The van der Waals surface area contributed by atoms with Crippen molar-refractivity contribution < 1.29 is 9.47 Å². The first-order valence-electron chi connectivity index (χ1n) is 9.16. The Morgan fingerprint density at radius 2 is 2.00 bits per heavy atom. The number of fused-ring (bicyclic) bond motifs is 3. The summed E-state index contributed by atoms with van der Waals surface area (Å²) in [5, 5.41) is 0.773. The van der Waals surface area contributed by atoms with Crippen LogP contribution in [-0.4, -0.2) is 18.7 Å². The number of methoxy groups -OCH3 is 1. The van der Waals surface area contributed by atoms with Crippen LogP contribution in [0.3, 0.4) is 0 Å². The predicted octanol–water partition coefficient (Wildman–Crippen LogP) is 4.40. The van der Waals surface area contributed by atoms with Gasteiger partial charge in [0.1, 0.15) is 11.5 Å². The number of H-pyrrole nitrogens is 1. The largest absolute Gasteiger partial charge is 0.497 e. The maximum Gasteiger partial charge on any atom is 0.189 e. The molecule has 4 nitrogen and oxygen atoms in total. The third-order valence-corrected chi connectivity index (χ3v) is 5.16. The monoisotopic (exact) mass is 349 g/mol. The SMILES string of the molecule is CCCOc1cc2c(c3c(=O)cc[nH]c13)C(c1ccc(OC)cc1)CC2. The molecule has 0 bridgehead atoms. The molecule has 4 heteroatoms. The van der Waals surface area contributed by atoms with Gasteiger partial charge in [-0.3, -0.25) is 4.79 Å². The lowest BCUT2D eigenvalue weighted by atomic mass is 9.90. The van der Waals surface area contributed by atoms with Crippen molar-refractivity contribution in [3.63, 3.8) is 0 Å². The van der Waals surface area contributed by atoms with E-state index in [1.54, 1.807) is 19.4 Å². The van der Waals surface area contributed by atoms with Gasteiger partial charge >= 0.3 is 0 Å². The second-order valence-corrected chi connectivity index (χ2v) is 6.75. The summed E-state index contributed by atoms with van der Waals surface area (Å²) in [6.07, 6.45) is 4.60. The highest BCUT2D eigenvalue weighted by Crippen LogP contribution is 2.43. The number of aromatic amines is 1. The van der Waals surface area contributed by atoms with Crippen LogP contribution in [0.5, 0.6) is 11.5 Å². The van der Waals surface area contributed by atoms with Crippen molar-refractivity contribution in [1.82, 2.24) is 4.98 Å². The molecule has 0 spiro atoms. The van der Waals surface area contributed by atoms with Crippen molar-refractivity contribution in [1.29, 1.82) is 0 Å². The lowest BCUT2D eigenvalue weighted by molar-refractivity contribution is 0.320. The van der Waals surface area contributed by atoms with E-state index in [2.05, 4.69) is 30.1 Å². The van der Waals surface area contributed by atoms with Crippen LogP contribution in [0.25, 0.3) is 10.9 Å². The minimum atomic E-state index is 0.0531. The van der Waals surface area contributed by atoms with Crippen LogP contribution in [0.15, 0.2) is 47.4 Å². The fourth-order valence-electron chi connectivity index (χ4n) is 3.95. The van der Waals surface area contributed by atoms with Gasteiger partial charge in [0.2, 0.25) is 0 Å². The quantitative estimate of drug-likeness (QED) is 0.742. The van der Waals surface area contributed by atoms with Crippen LogP contribution in [-0.2, 0) is 6.42 Å². The van der Waals surface area contributed by atoms with Gasteiger partial charge in [-0.2, -0.15) is 0 Å². The van der Waals surface area contributed by atoms with Crippen molar-refractivity contribution in [3.8, 4) is 11.5 Å². The molecule has 2 aromatic carbocycles. The summed E-state index contributed by atoms with van der Waals surface area (Å²) in [6, 6.07) is 11.9. The van der Waals surface area contributed by atoms with Gasteiger partial charge in [0.25, 0.3) is 0 Å². The number of hydrogen-bond donors (Lipinski definition) is 1. The minimum absolute atomic E-state index is 0.0531. The summed E-state index contributed by atoms with van der Waals surface area (Å²) < 4.78 is 11.2. The molecule has 1 atom stereocenters. The molecule has 0 fully saturated rings. The van der Waals surface area contributed by atoms with E-state index in [-0.39, 0.29) is 11.3 Å². The molecule has 26 heavy (non-hydrogen) atoms. The Morgan fingerprint density at radius 1 is 1.19 bits per heavy atom. The summed E-state index contributed by atoms with van der Waals surface area (Å²) in [5.74, 6) is 1.86. The second kappa shape index (κ2) is 6.87. The zero-order valence-corrected chi connectivity index (χ0v) is 15.2. The maximum atomic E-state index is 12.7. The molecule has 0 saturated heterocycles. The van der Waals surface area contributed by atoms with Crippen LogP contribution >= 0.6 is 0 Å². The molecular weight excluding hydrogens is 326 g/mol. The topological polar surface area (TPSA) is 51.3 Å². The van der Waals surface area contributed by atoms with E-state index in [1.165, 1.54) is 11.1 Å². The van der Waals surface area contributed by atoms with Gasteiger partial charge in [0, 0.05) is 18.2 Å². The number of aryl methyl sites for hydroxylation is 1. The number of nitrogens with one attached hydrogen (secondary N) is 1. The van der Waals surface area contributed by atoms with Gasteiger partial charge in [0.05, 0.1) is 24.6 Å². The first-order chi connectivity index (χ1) is 12.7. The van der Waals surface area contributed by atoms with E-state index in [4.69, 9.17) is 9.47 Å². The third-order valence-electron chi connectivity index (χ3n) is 5.16. The Kier molecular flexibility index (Phi) is 4.41. The average molecular weight is 349 g/mol.